The van der Waals surface area contributed by atoms with E-state index in [2.05, 4.69) is 0 Å². The van der Waals surface area contributed by atoms with Crippen LogP contribution in [0.25, 0.3) is 0 Å². The Bertz CT molecular complexity index is 650. The maximum atomic E-state index is 14.1. The molecule has 1 aromatic carbocycles. The van der Waals surface area contributed by atoms with Gasteiger partial charge in [0.15, 0.2) is 0 Å². The topological polar surface area (TPSA) is 55.8 Å². The van der Waals surface area contributed by atoms with Crippen molar-refractivity contribution in [2.45, 2.75) is 36.7 Å². The van der Waals surface area contributed by atoms with E-state index in [1.807, 2.05) is 0 Å². The summed E-state index contributed by atoms with van der Waals surface area (Å²) in [6.07, 6.45) is 3.94. The third kappa shape index (κ3) is 3.36. The summed E-state index contributed by atoms with van der Waals surface area (Å²) in [5, 5.41) is 0. The van der Waals surface area contributed by atoms with E-state index < -0.39 is 15.8 Å². The number of piperidine rings is 1. The van der Waals surface area contributed by atoms with Gasteiger partial charge in [0.05, 0.1) is 13.2 Å². The largest absolute Gasteiger partial charge is 0.497 e. The first-order valence-electron chi connectivity index (χ1n) is 7.97. The molecule has 128 valence electrons. The molecule has 23 heavy (non-hydrogen) atoms. The zero-order valence-corrected chi connectivity index (χ0v) is 14.0. The van der Waals surface area contributed by atoms with Crippen LogP contribution in [0.2, 0.25) is 0 Å². The molecule has 1 unspecified atom stereocenters. The highest BCUT2D eigenvalue weighted by atomic mass is 32.2. The highest BCUT2D eigenvalue weighted by Crippen LogP contribution is 2.32. The second kappa shape index (κ2) is 6.75. The van der Waals surface area contributed by atoms with Gasteiger partial charge in [-0.3, -0.25) is 0 Å². The fourth-order valence-electron chi connectivity index (χ4n) is 3.42. The molecule has 0 saturated carbocycles. The normalized spacial score (nSPS) is 24.0. The first-order chi connectivity index (χ1) is 11.0. The predicted octanol–water partition coefficient (Wildman–Crippen LogP) is 2.41. The average molecular weight is 343 g/mol. The molecule has 2 aliphatic rings. The molecule has 0 spiro atoms. The van der Waals surface area contributed by atoms with E-state index in [1.54, 1.807) is 0 Å². The van der Waals surface area contributed by atoms with Crippen LogP contribution >= 0.6 is 0 Å². The van der Waals surface area contributed by atoms with Gasteiger partial charge in [-0.15, -0.1) is 0 Å². The molecule has 0 radical (unpaired) electrons. The second-order valence-corrected chi connectivity index (χ2v) is 8.00. The number of hydrogen-bond donors (Lipinski definition) is 0. The minimum Gasteiger partial charge on any atom is -0.497 e. The predicted molar refractivity (Wildman–Crippen MR) is 83.4 cm³/mol. The van der Waals surface area contributed by atoms with Gasteiger partial charge in [-0.2, -0.15) is 4.31 Å². The molecule has 2 saturated heterocycles. The lowest BCUT2D eigenvalue weighted by atomic mass is 9.91. The summed E-state index contributed by atoms with van der Waals surface area (Å²) in [4.78, 5) is -0.283. The van der Waals surface area contributed by atoms with Gasteiger partial charge >= 0.3 is 0 Å². The SMILES string of the molecule is COc1ccc(S(=O)(=O)N2CCC(C3CCCO3)CC2)c(F)c1. The molecule has 1 aromatic rings. The van der Waals surface area contributed by atoms with E-state index in [4.69, 9.17) is 9.47 Å². The lowest BCUT2D eigenvalue weighted by Gasteiger charge is -2.33. The van der Waals surface area contributed by atoms with E-state index in [1.165, 1.54) is 23.5 Å². The fraction of sp³-hybridized carbons (Fsp3) is 0.625. The molecule has 2 heterocycles. The van der Waals surface area contributed by atoms with Crippen LogP contribution in [0.15, 0.2) is 23.1 Å². The monoisotopic (exact) mass is 343 g/mol. The number of benzene rings is 1. The van der Waals surface area contributed by atoms with Crippen molar-refractivity contribution in [2.24, 2.45) is 5.92 Å². The van der Waals surface area contributed by atoms with Crippen molar-refractivity contribution in [3.05, 3.63) is 24.0 Å². The molecular weight excluding hydrogens is 321 g/mol. The molecule has 3 rings (SSSR count). The van der Waals surface area contributed by atoms with Gasteiger partial charge in [0.1, 0.15) is 16.5 Å². The number of rotatable bonds is 4. The van der Waals surface area contributed by atoms with Crippen molar-refractivity contribution in [2.75, 3.05) is 26.8 Å². The second-order valence-electron chi connectivity index (χ2n) is 6.09. The van der Waals surface area contributed by atoms with E-state index in [0.717, 1.165) is 38.4 Å². The summed E-state index contributed by atoms with van der Waals surface area (Å²) in [5.74, 6) is -0.0613. The number of hydrogen-bond acceptors (Lipinski definition) is 4. The smallest absolute Gasteiger partial charge is 0.245 e. The standard InChI is InChI=1S/C16H22FNO4S/c1-21-13-4-5-16(14(17)11-13)23(19,20)18-8-6-12(7-9-18)15-3-2-10-22-15/h4-5,11-12,15H,2-3,6-10H2,1H3. The van der Waals surface area contributed by atoms with E-state index in [-0.39, 0.29) is 11.0 Å². The summed E-state index contributed by atoms with van der Waals surface area (Å²) in [6, 6.07) is 3.84. The van der Waals surface area contributed by atoms with E-state index in [0.29, 0.717) is 24.8 Å². The Morgan fingerprint density at radius 2 is 2.00 bits per heavy atom. The summed E-state index contributed by atoms with van der Waals surface area (Å²) < 4.78 is 51.4. The molecule has 0 bridgehead atoms. The first-order valence-corrected chi connectivity index (χ1v) is 9.41. The lowest BCUT2D eigenvalue weighted by molar-refractivity contribution is 0.0424. The Balaban J connectivity index is 1.71. The maximum Gasteiger partial charge on any atom is 0.245 e. The average Bonchev–Trinajstić information content (AvgIpc) is 3.09. The van der Waals surface area contributed by atoms with Gasteiger partial charge in [0.2, 0.25) is 10.0 Å². The van der Waals surface area contributed by atoms with Gasteiger partial charge in [0, 0.05) is 25.8 Å². The zero-order valence-electron chi connectivity index (χ0n) is 13.2. The summed E-state index contributed by atoms with van der Waals surface area (Å²) in [5.41, 5.74) is 0. The van der Waals surface area contributed by atoms with E-state index in [9.17, 15) is 12.8 Å². The van der Waals surface area contributed by atoms with Crippen LogP contribution in [-0.4, -0.2) is 45.6 Å². The zero-order chi connectivity index (χ0) is 16.4. The quantitative estimate of drug-likeness (QED) is 0.842. The van der Waals surface area contributed by atoms with Gasteiger partial charge in [0.25, 0.3) is 0 Å². The molecule has 0 amide bonds. The van der Waals surface area contributed by atoms with Crippen molar-refractivity contribution in [3.63, 3.8) is 0 Å². The van der Waals surface area contributed by atoms with Crippen molar-refractivity contribution < 1.29 is 22.3 Å². The Hall–Kier alpha value is -1.18. The van der Waals surface area contributed by atoms with Crippen LogP contribution in [0.4, 0.5) is 4.39 Å². The van der Waals surface area contributed by atoms with Crippen molar-refractivity contribution in [1.82, 2.24) is 4.31 Å². The van der Waals surface area contributed by atoms with Gasteiger partial charge in [-0.1, -0.05) is 0 Å². The first kappa shape index (κ1) is 16.7. The Morgan fingerprint density at radius 1 is 1.26 bits per heavy atom. The third-order valence-corrected chi connectivity index (χ3v) is 6.68. The maximum absolute atomic E-state index is 14.1. The van der Waals surface area contributed by atoms with Gasteiger partial charge < -0.3 is 9.47 Å². The Labute approximate surface area is 136 Å². The lowest BCUT2D eigenvalue weighted by Crippen LogP contribution is -2.41. The molecule has 2 fully saturated rings. The summed E-state index contributed by atoms with van der Waals surface area (Å²) in [6.45, 7) is 1.64. The third-order valence-electron chi connectivity index (χ3n) is 4.75. The van der Waals surface area contributed by atoms with Crippen LogP contribution in [0.5, 0.6) is 5.75 Å². The summed E-state index contributed by atoms with van der Waals surface area (Å²) in [7, 11) is -2.39. The molecule has 0 N–H and O–H groups in total. The van der Waals surface area contributed by atoms with E-state index >= 15 is 0 Å². The van der Waals surface area contributed by atoms with Crippen molar-refractivity contribution >= 4 is 10.0 Å². The fourth-order valence-corrected chi connectivity index (χ4v) is 4.93. The minimum atomic E-state index is -3.80. The van der Waals surface area contributed by atoms with Crippen LogP contribution in [0, 0.1) is 11.7 Å². The number of halogens is 1. The van der Waals surface area contributed by atoms with Crippen LogP contribution in [0.3, 0.4) is 0 Å². The van der Waals surface area contributed by atoms with Crippen molar-refractivity contribution in [3.8, 4) is 5.75 Å². The van der Waals surface area contributed by atoms with Gasteiger partial charge in [-0.25, -0.2) is 12.8 Å². The minimum absolute atomic E-state index is 0.262. The highest BCUT2D eigenvalue weighted by molar-refractivity contribution is 7.89. The van der Waals surface area contributed by atoms with Crippen LogP contribution in [0.1, 0.15) is 25.7 Å². The Morgan fingerprint density at radius 3 is 2.57 bits per heavy atom. The molecule has 5 nitrogen and oxygen atoms in total. The molecular formula is C16H22FNO4S. The number of nitrogens with zero attached hydrogens (tertiary/aromatic N) is 1. The highest BCUT2D eigenvalue weighted by Gasteiger charge is 2.35. The molecule has 2 aliphatic heterocycles. The molecule has 1 atom stereocenters. The number of sulfonamides is 1. The summed E-state index contributed by atoms with van der Waals surface area (Å²) >= 11 is 0. The van der Waals surface area contributed by atoms with Crippen LogP contribution < -0.4 is 4.74 Å². The van der Waals surface area contributed by atoms with Crippen molar-refractivity contribution in [1.29, 1.82) is 0 Å². The molecule has 0 aliphatic carbocycles. The van der Waals surface area contributed by atoms with Gasteiger partial charge in [-0.05, 0) is 43.7 Å². The molecule has 0 aromatic heterocycles. The Kier molecular flexibility index (Phi) is 4.89. The number of methoxy groups -OCH3 is 1. The van der Waals surface area contributed by atoms with Crippen LogP contribution in [-0.2, 0) is 14.8 Å². The number of ether oxygens (including phenoxy) is 2. The molecule has 7 heteroatoms.